The first-order chi connectivity index (χ1) is 12.0. The number of amides is 1. The van der Waals surface area contributed by atoms with Gasteiger partial charge in [0.1, 0.15) is 12.1 Å². The van der Waals surface area contributed by atoms with Crippen LogP contribution < -0.4 is 15.8 Å². The summed E-state index contributed by atoms with van der Waals surface area (Å²) in [4.78, 5) is 32.3. The fourth-order valence-corrected chi connectivity index (χ4v) is 2.21. The molecule has 0 unspecified atom stereocenters. The lowest BCUT2D eigenvalue weighted by Gasteiger charge is -2.20. The highest BCUT2D eigenvalue weighted by Crippen LogP contribution is 2.31. The van der Waals surface area contributed by atoms with Crippen LogP contribution in [-0.4, -0.2) is 33.9 Å². The average molecular weight is 348 g/mol. The van der Waals surface area contributed by atoms with E-state index in [4.69, 9.17) is 0 Å². The Balaban J connectivity index is 2.28. The molecule has 10 heteroatoms. The zero-order valence-electron chi connectivity index (χ0n) is 13.7. The zero-order valence-corrected chi connectivity index (χ0v) is 13.7. The summed E-state index contributed by atoms with van der Waals surface area (Å²) in [5, 5.41) is 11.4. The predicted octanol–water partition coefficient (Wildman–Crippen LogP) is 2.13. The fraction of sp³-hybridized carbons (Fsp3) is 0.267. The first-order valence-corrected chi connectivity index (χ1v) is 7.54. The Morgan fingerprint density at radius 2 is 1.96 bits per heavy atom. The van der Waals surface area contributed by atoms with Gasteiger partial charge in [-0.25, -0.2) is 14.4 Å². The first-order valence-electron chi connectivity index (χ1n) is 7.54. The largest absolute Gasteiger partial charge is 0.355 e. The van der Waals surface area contributed by atoms with Crippen molar-refractivity contribution in [3.05, 3.63) is 52.1 Å². The van der Waals surface area contributed by atoms with Crippen LogP contribution in [0.25, 0.3) is 0 Å². The van der Waals surface area contributed by atoms with Crippen molar-refractivity contribution in [3.63, 3.8) is 0 Å². The van der Waals surface area contributed by atoms with E-state index in [0.717, 1.165) is 12.4 Å². The molecule has 0 aliphatic heterocycles. The van der Waals surface area contributed by atoms with Crippen LogP contribution in [0.4, 0.5) is 21.7 Å². The minimum absolute atomic E-state index is 0.132. The van der Waals surface area contributed by atoms with Crippen molar-refractivity contribution in [2.45, 2.75) is 13.8 Å². The van der Waals surface area contributed by atoms with E-state index in [9.17, 15) is 19.3 Å². The van der Waals surface area contributed by atoms with Crippen LogP contribution in [0.15, 0.2) is 30.6 Å². The molecule has 1 amide bonds. The van der Waals surface area contributed by atoms with E-state index < -0.39 is 16.6 Å². The molecule has 2 aromatic rings. The van der Waals surface area contributed by atoms with Gasteiger partial charge >= 0.3 is 5.69 Å². The number of aromatic nitrogens is 2. The van der Waals surface area contributed by atoms with Crippen LogP contribution in [0, 0.1) is 15.9 Å². The summed E-state index contributed by atoms with van der Waals surface area (Å²) in [6.45, 7) is 4.69. The second-order valence-corrected chi connectivity index (χ2v) is 4.88. The van der Waals surface area contributed by atoms with Gasteiger partial charge in [0, 0.05) is 13.1 Å². The molecule has 9 nitrogen and oxygen atoms in total. The lowest BCUT2D eigenvalue weighted by Crippen LogP contribution is -2.31. The Labute approximate surface area is 143 Å². The summed E-state index contributed by atoms with van der Waals surface area (Å²) in [6.07, 6.45) is 1.15. The molecule has 132 valence electrons. The van der Waals surface area contributed by atoms with Gasteiger partial charge in [-0.05, 0) is 26.0 Å². The number of benzene rings is 1. The van der Waals surface area contributed by atoms with Crippen LogP contribution in [0.3, 0.4) is 0 Å². The second-order valence-electron chi connectivity index (χ2n) is 4.88. The van der Waals surface area contributed by atoms with Crippen LogP contribution in [-0.2, 0) is 0 Å². The minimum Gasteiger partial charge on any atom is -0.351 e. The maximum Gasteiger partial charge on any atom is 0.355 e. The third-order valence-electron chi connectivity index (χ3n) is 3.46. The topological polar surface area (TPSA) is 113 Å². The first kappa shape index (κ1) is 18.0. The highest BCUT2D eigenvalue weighted by Gasteiger charge is 2.26. The third-order valence-corrected chi connectivity index (χ3v) is 3.46. The van der Waals surface area contributed by atoms with E-state index in [1.165, 1.54) is 18.2 Å². The van der Waals surface area contributed by atoms with Crippen molar-refractivity contribution < 1.29 is 14.1 Å². The van der Waals surface area contributed by atoms with Gasteiger partial charge in [0.2, 0.25) is 11.6 Å². The molecule has 0 aliphatic carbocycles. The number of hydrogen-bond donors (Lipinski definition) is 2. The second kappa shape index (κ2) is 7.99. The van der Waals surface area contributed by atoms with Gasteiger partial charge in [0.15, 0.2) is 0 Å². The molecular formula is C15H17FN6O3. The van der Waals surface area contributed by atoms with Gasteiger partial charge < -0.3 is 4.90 Å². The van der Waals surface area contributed by atoms with E-state index in [-0.39, 0.29) is 22.9 Å². The number of nitro groups is 1. The zero-order chi connectivity index (χ0) is 18.4. The van der Waals surface area contributed by atoms with E-state index in [0.29, 0.717) is 13.1 Å². The van der Waals surface area contributed by atoms with Crippen LogP contribution >= 0.6 is 0 Å². The van der Waals surface area contributed by atoms with E-state index in [1.54, 1.807) is 4.90 Å². The average Bonchev–Trinajstić information content (AvgIpc) is 2.61. The highest BCUT2D eigenvalue weighted by molar-refractivity contribution is 5.95. The molecule has 0 saturated carbocycles. The monoisotopic (exact) mass is 348 g/mol. The van der Waals surface area contributed by atoms with Gasteiger partial charge in [0.25, 0.3) is 5.91 Å². The molecule has 1 aromatic heterocycles. The molecule has 0 radical (unpaired) electrons. The standard InChI is InChI=1S/C15H17FN6O3/c1-3-21(4-2)14-12(22(24)25)13(17-9-18-14)19-20-15(23)10-7-5-6-8-11(10)16/h5-9H,3-4H2,1-2H3,(H,20,23)(H,17,18,19). The Hall–Kier alpha value is -3.30. The van der Waals surface area contributed by atoms with Gasteiger partial charge in [-0.1, -0.05) is 12.1 Å². The van der Waals surface area contributed by atoms with Gasteiger partial charge in [-0.3, -0.25) is 25.8 Å². The van der Waals surface area contributed by atoms with Crippen molar-refractivity contribution >= 4 is 23.2 Å². The van der Waals surface area contributed by atoms with Gasteiger partial charge in [-0.2, -0.15) is 0 Å². The quantitative estimate of drug-likeness (QED) is 0.582. The van der Waals surface area contributed by atoms with E-state index in [1.807, 2.05) is 13.8 Å². The summed E-state index contributed by atoms with van der Waals surface area (Å²) in [6, 6.07) is 5.39. The number of hydrogen-bond acceptors (Lipinski definition) is 7. The summed E-state index contributed by atoms with van der Waals surface area (Å²) >= 11 is 0. The molecule has 2 rings (SSSR count). The molecule has 0 spiro atoms. The number of halogens is 1. The molecule has 0 aliphatic rings. The van der Waals surface area contributed by atoms with Crippen molar-refractivity contribution in [2.24, 2.45) is 0 Å². The highest BCUT2D eigenvalue weighted by atomic mass is 19.1. The van der Waals surface area contributed by atoms with Crippen molar-refractivity contribution in [1.29, 1.82) is 0 Å². The maximum atomic E-state index is 13.6. The SMILES string of the molecule is CCN(CC)c1ncnc(NNC(=O)c2ccccc2F)c1[N+](=O)[O-]. The van der Waals surface area contributed by atoms with Crippen LogP contribution in [0.5, 0.6) is 0 Å². The summed E-state index contributed by atoms with van der Waals surface area (Å²) in [5.41, 5.74) is 4.02. The van der Waals surface area contributed by atoms with Crippen molar-refractivity contribution in [3.8, 4) is 0 Å². The number of nitrogens with zero attached hydrogens (tertiary/aromatic N) is 4. The third kappa shape index (κ3) is 3.97. The summed E-state index contributed by atoms with van der Waals surface area (Å²) in [5.74, 6) is -1.54. The maximum absolute atomic E-state index is 13.6. The van der Waals surface area contributed by atoms with Crippen LogP contribution in [0.1, 0.15) is 24.2 Å². The molecule has 0 atom stereocenters. The Morgan fingerprint density at radius 1 is 1.28 bits per heavy atom. The number of anilines is 2. The summed E-state index contributed by atoms with van der Waals surface area (Å²) in [7, 11) is 0. The lowest BCUT2D eigenvalue weighted by atomic mass is 10.2. The number of carbonyl (C=O) groups excluding carboxylic acids is 1. The molecule has 25 heavy (non-hydrogen) atoms. The van der Waals surface area contributed by atoms with E-state index >= 15 is 0 Å². The summed E-state index contributed by atoms with van der Waals surface area (Å²) < 4.78 is 13.6. The fourth-order valence-electron chi connectivity index (χ4n) is 2.21. The molecule has 0 fully saturated rings. The molecular weight excluding hydrogens is 331 g/mol. The smallest absolute Gasteiger partial charge is 0.351 e. The Bertz CT molecular complexity index is 782. The minimum atomic E-state index is -0.782. The molecule has 0 bridgehead atoms. The number of rotatable bonds is 7. The molecule has 0 saturated heterocycles. The Kier molecular flexibility index (Phi) is 5.77. The normalized spacial score (nSPS) is 10.2. The molecule has 1 aromatic carbocycles. The lowest BCUT2D eigenvalue weighted by molar-refractivity contribution is -0.383. The molecule has 1 heterocycles. The van der Waals surface area contributed by atoms with Gasteiger partial charge in [-0.15, -0.1) is 0 Å². The van der Waals surface area contributed by atoms with Gasteiger partial charge in [0.05, 0.1) is 10.5 Å². The molecule has 2 N–H and O–H groups in total. The number of hydrazine groups is 1. The van der Waals surface area contributed by atoms with Crippen LogP contribution in [0.2, 0.25) is 0 Å². The van der Waals surface area contributed by atoms with E-state index in [2.05, 4.69) is 20.8 Å². The number of nitrogens with one attached hydrogen (secondary N) is 2. The van der Waals surface area contributed by atoms with Crippen molar-refractivity contribution in [2.75, 3.05) is 23.4 Å². The predicted molar refractivity (Wildman–Crippen MR) is 89.7 cm³/mol. The number of carbonyl (C=O) groups is 1. The van der Waals surface area contributed by atoms with Crippen molar-refractivity contribution in [1.82, 2.24) is 15.4 Å². The Morgan fingerprint density at radius 3 is 2.56 bits per heavy atom.